The Bertz CT molecular complexity index is 740. The van der Waals surface area contributed by atoms with E-state index >= 15 is 0 Å². The third kappa shape index (κ3) is 2.61. The molecule has 0 aromatic heterocycles. The number of hydrogen-bond donors (Lipinski definition) is 1. The highest BCUT2D eigenvalue weighted by atomic mass is 35.5. The van der Waals surface area contributed by atoms with E-state index in [4.69, 9.17) is 15.9 Å². The van der Waals surface area contributed by atoms with Gasteiger partial charge in [-0.15, -0.1) is 11.6 Å². The maximum atomic E-state index is 11.3. The molecule has 1 aliphatic heterocycles. The van der Waals surface area contributed by atoms with Crippen LogP contribution >= 0.6 is 23.6 Å². The van der Waals surface area contributed by atoms with Gasteiger partial charge in [-0.1, -0.05) is 0 Å². The highest BCUT2D eigenvalue weighted by Gasteiger charge is 2.28. The van der Waals surface area contributed by atoms with Crippen LogP contribution in [0.5, 0.6) is 0 Å². The van der Waals surface area contributed by atoms with Crippen LogP contribution in [0, 0.1) is 10.1 Å². The van der Waals surface area contributed by atoms with Crippen LogP contribution in [-0.2, 0) is 9.22 Å². The van der Waals surface area contributed by atoms with Crippen molar-refractivity contribution in [3.63, 3.8) is 0 Å². The number of nitro groups is 1. The number of nitrogens with one attached hydrogen (secondary N) is 1. The summed E-state index contributed by atoms with van der Waals surface area (Å²) in [5.41, 5.74) is 1.89. The van der Waals surface area contributed by atoms with Gasteiger partial charge in [0.2, 0.25) is 0 Å². The number of fused-ring (bicyclic) bond motifs is 3. The summed E-state index contributed by atoms with van der Waals surface area (Å²) in [5.74, 6) is 0.585. The first-order chi connectivity index (χ1) is 10.7. The lowest BCUT2D eigenvalue weighted by atomic mass is 9.95. The first-order valence-corrected chi connectivity index (χ1v) is 7.85. The molecule has 0 amide bonds. The van der Waals surface area contributed by atoms with Gasteiger partial charge in [0.1, 0.15) is 0 Å². The summed E-state index contributed by atoms with van der Waals surface area (Å²) in [6.45, 7) is 0.682. The van der Waals surface area contributed by atoms with Crippen LogP contribution in [0.1, 0.15) is 11.5 Å². The Morgan fingerprint density at radius 2 is 2.27 bits per heavy atom. The molecule has 3 rings (SSSR count). The van der Waals surface area contributed by atoms with E-state index in [-0.39, 0.29) is 16.5 Å². The molecule has 6 nitrogen and oxygen atoms in total. The summed E-state index contributed by atoms with van der Waals surface area (Å²) >= 11 is 7.10. The predicted octanol–water partition coefficient (Wildman–Crippen LogP) is 4.08. The number of hydrogen-bond acceptors (Lipinski definition) is 6. The van der Waals surface area contributed by atoms with Crippen LogP contribution in [-0.4, -0.2) is 24.5 Å². The third-order valence-corrected chi connectivity index (χ3v) is 4.68. The van der Waals surface area contributed by atoms with Crippen molar-refractivity contribution in [3.05, 3.63) is 39.9 Å². The number of halogens is 1. The van der Waals surface area contributed by atoms with E-state index in [1.54, 1.807) is 18.2 Å². The van der Waals surface area contributed by atoms with Crippen molar-refractivity contribution in [1.29, 1.82) is 0 Å². The van der Waals surface area contributed by atoms with E-state index in [1.807, 2.05) is 6.07 Å². The molecule has 0 spiro atoms. The number of rotatable bonds is 5. The fourth-order valence-electron chi connectivity index (χ4n) is 2.74. The first-order valence-electron chi connectivity index (χ1n) is 6.58. The summed E-state index contributed by atoms with van der Waals surface area (Å²) in [6, 6.07) is 6.96. The minimum absolute atomic E-state index is 0.0840. The zero-order valence-corrected chi connectivity index (χ0v) is 13.2. The molecule has 116 valence electrons. The first kappa shape index (κ1) is 15.4. The molecule has 0 saturated heterocycles. The van der Waals surface area contributed by atoms with Crippen molar-refractivity contribution in [1.82, 2.24) is 0 Å². The molecule has 1 N–H and O–H groups in total. The average Bonchev–Trinajstić information content (AvgIpc) is 2.95. The van der Waals surface area contributed by atoms with E-state index in [9.17, 15) is 10.1 Å². The maximum absolute atomic E-state index is 11.3. The number of nitrogens with zero attached hydrogens (tertiary/aromatic N) is 1. The molecular weight excluding hydrogens is 328 g/mol. The fraction of sp³-hybridized carbons (Fsp3) is 0.286. The molecule has 0 radical (unpaired) electrons. The summed E-state index contributed by atoms with van der Waals surface area (Å²) in [6.07, 6.45) is 0. The Morgan fingerprint density at radius 1 is 1.45 bits per heavy atom. The second kappa shape index (κ2) is 6.29. The second-order valence-corrected chi connectivity index (χ2v) is 5.95. The summed E-state index contributed by atoms with van der Waals surface area (Å²) in [4.78, 5) is 16.3. The lowest BCUT2D eigenvalue weighted by molar-refractivity contribution is -0.383. The van der Waals surface area contributed by atoms with Crippen molar-refractivity contribution < 1.29 is 14.1 Å². The van der Waals surface area contributed by atoms with Crippen molar-refractivity contribution in [3.8, 4) is 0 Å². The van der Waals surface area contributed by atoms with Gasteiger partial charge in [0, 0.05) is 35.0 Å². The highest BCUT2D eigenvalue weighted by molar-refractivity contribution is 7.94. The number of anilines is 1. The fourth-order valence-corrected chi connectivity index (χ4v) is 3.44. The van der Waals surface area contributed by atoms with Gasteiger partial charge in [-0.25, -0.2) is 4.89 Å². The topological polar surface area (TPSA) is 73.6 Å². The van der Waals surface area contributed by atoms with Gasteiger partial charge in [0.05, 0.1) is 29.5 Å². The summed E-state index contributed by atoms with van der Waals surface area (Å²) in [7, 11) is 1.42. The van der Waals surface area contributed by atoms with Crippen molar-refractivity contribution in [2.75, 3.05) is 24.9 Å². The molecule has 0 bridgehead atoms. The molecule has 1 heterocycles. The van der Waals surface area contributed by atoms with E-state index in [1.165, 1.54) is 7.11 Å². The van der Waals surface area contributed by atoms with Gasteiger partial charge in [0.15, 0.2) is 0 Å². The lowest BCUT2D eigenvalue weighted by Gasteiger charge is -2.11. The Morgan fingerprint density at radius 3 is 2.95 bits per heavy atom. The normalized spacial score (nSPS) is 16.5. The molecule has 2 aromatic rings. The average molecular weight is 341 g/mol. The number of alkyl halides is 1. The summed E-state index contributed by atoms with van der Waals surface area (Å²) in [5, 5.41) is 15.9. The minimum Gasteiger partial charge on any atom is -0.384 e. The van der Waals surface area contributed by atoms with Gasteiger partial charge in [-0.2, -0.15) is 4.33 Å². The van der Waals surface area contributed by atoms with Crippen molar-refractivity contribution in [2.45, 2.75) is 10.8 Å². The SMILES string of the molecule is COOSc1ccc2c([N+](=O)[O-])cc3c(c2c1)C(CCl)CN3. The largest absolute Gasteiger partial charge is 0.384 e. The lowest BCUT2D eigenvalue weighted by Crippen LogP contribution is -2.03. The third-order valence-electron chi connectivity index (χ3n) is 3.66. The quantitative estimate of drug-likeness (QED) is 0.290. The zero-order valence-electron chi connectivity index (χ0n) is 11.7. The molecule has 2 aromatic carbocycles. The van der Waals surface area contributed by atoms with Gasteiger partial charge >= 0.3 is 0 Å². The zero-order chi connectivity index (χ0) is 15.7. The van der Waals surface area contributed by atoms with E-state index < -0.39 is 0 Å². The number of benzene rings is 2. The molecule has 1 aliphatic rings. The van der Waals surface area contributed by atoms with E-state index in [2.05, 4.69) is 10.2 Å². The molecule has 0 saturated carbocycles. The number of nitro benzene ring substituents is 1. The molecular formula is C14H13ClN2O4S. The Hall–Kier alpha value is -1.54. The van der Waals surface area contributed by atoms with Crippen molar-refractivity contribution in [2.24, 2.45) is 0 Å². The maximum Gasteiger partial charge on any atom is 0.279 e. The van der Waals surface area contributed by atoms with Gasteiger partial charge in [-0.05, 0) is 29.1 Å². The van der Waals surface area contributed by atoms with Crippen LogP contribution in [0.2, 0.25) is 0 Å². The number of non-ortho nitro benzene ring substituents is 1. The molecule has 0 aliphatic carbocycles. The molecule has 1 atom stereocenters. The molecule has 1 unspecified atom stereocenters. The van der Waals surface area contributed by atoms with Gasteiger partial charge in [-0.3, -0.25) is 10.1 Å². The van der Waals surface area contributed by atoms with Crippen LogP contribution in [0.15, 0.2) is 29.2 Å². The van der Waals surface area contributed by atoms with Crippen molar-refractivity contribution >= 4 is 45.8 Å². The highest BCUT2D eigenvalue weighted by Crippen LogP contribution is 2.43. The molecule has 22 heavy (non-hydrogen) atoms. The van der Waals surface area contributed by atoms with Crippen LogP contribution in [0.25, 0.3) is 10.8 Å². The Balaban J connectivity index is 2.22. The van der Waals surface area contributed by atoms with Crippen LogP contribution in [0.3, 0.4) is 0 Å². The Labute approximate surface area is 136 Å². The van der Waals surface area contributed by atoms with Crippen LogP contribution in [0.4, 0.5) is 11.4 Å². The molecule has 0 fully saturated rings. The minimum atomic E-state index is -0.364. The van der Waals surface area contributed by atoms with E-state index in [0.29, 0.717) is 17.8 Å². The van der Waals surface area contributed by atoms with Gasteiger partial charge < -0.3 is 5.32 Å². The van der Waals surface area contributed by atoms with Crippen LogP contribution < -0.4 is 5.32 Å². The monoisotopic (exact) mass is 340 g/mol. The smallest absolute Gasteiger partial charge is 0.279 e. The Kier molecular flexibility index (Phi) is 4.39. The predicted molar refractivity (Wildman–Crippen MR) is 86.5 cm³/mol. The van der Waals surface area contributed by atoms with E-state index in [0.717, 1.165) is 33.6 Å². The molecule has 8 heteroatoms. The summed E-state index contributed by atoms with van der Waals surface area (Å²) < 4.78 is 4.86. The standard InChI is InChI=1S/C14H13ClN2O4S/c1-20-21-22-9-2-3-10-11(4-9)14-8(6-15)7-16-12(14)5-13(10)17(18)19/h2-5,8,16H,6-7H2,1H3. The van der Waals surface area contributed by atoms with Gasteiger partial charge in [0.25, 0.3) is 5.69 Å². The second-order valence-electron chi connectivity index (χ2n) is 4.87.